The van der Waals surface area contributed by atoms with Crippen LogP contribution >= 0.6 is 11.3 Å². The van der Waals surface area contributed by atoms with E-state index in [9.17, 15) is 0 Å². The number of hydrogen-bond donors (Lipinski definition) is 0. The van der Waals surface area contributed by atoms with Crippen molar-refractivity contribution < 1.29 is 28.5 Å². The highest BCUT2D eigenvalue weighted by Crippen LogP contribution is 2.15. The Morgan fingerprint density at radius 1 is 1.00 bits per heavy atom. The van der Waals surface area contributed by atoms with Gasteiger partial charge in [-0.3, -0.25) is 0 Å². The molecule has 1 aromatic heterocycles. The molecule has 0 N–H and O–H groups in total. The fourth-order valence-electron chi connectivity index (χ4n) is 2.81. The smallest absolute Gasteiger partial charge is 0.234 e. The van der Waals surface area contributed by atoms with E-state index in [1.165, 1.54) is 54.1 Å². The van der Waals surface area contributed by atoms with Gasteiger partial charge in [-0.05, 0) is 30.2 Å². The lowest BCUT2D eigenvalue weighted by Gasteiger charge is -2.11. The number of thiazole rings is 1. The van der Waals surface area contributed by atoms with Crippen LogP contribution in [-0.2, 0) is 6.54 Å². The molecular formula is C21H31IN2S. The highest BCUT2D eigenvalue weighted by molar-refractivity contribution is 7.09. The third-order valence-electron chi connectivity index (χ3n) is 4.38. The van der Waals surface area contributed by atoms with Gasteiger partial charge in [0.1, 0.15) is 6.54 Å². The first-order valence-electron chi connectivity index (χ1n) is 9.05. The van der Waals surface area contributed by atoms with Crippen LogP contribution in [0, 0.1) is 6.92 Å². The summed E-state index contributed by atoms with van der Waals surface area (Å²) in [5.74, 6) is 0. The van der Waals surface area contributed by atoms with Crippen molar-refractivity contribution in [1.82, 2.24) is 0 Å². The Labute approximate surface area is 174 Å². The van der Waals surface area contributed by atoms with Crippen molar-refractivity contribution in [3.63, 3.8) is 0 Å². The minimum atomic E-state index is 0. The fraction of sp³-hybridized carbons (Fsp3) is 0.476. The van der Waals surface area contributed by atoms with Gasteiger partial charge >= 0.3 is 0 Å². The molecule has 2 nitrogen and oxygen atoms in total. The minimum absolute atomic E-state index is 0. The largest absolute Gasteiger partial charge is 1.00 e. The van der Waals surface area contributed by atoms with Crippen LogP contribution < -0.4 is 33.4 Å². The molecule has 0 unspecified atom stereocenters. The van der Waals surface area contributed by atoms with Gasteiger partial charge in [-0.1, -0.05) is 49.7 Å². The Morgan fingerprint density at radius 3 is 2.32 bits per heavy atom. The molecule has 0 aliphatic rings. The Hall–Kier alpha value is -0.880. The quantitative estimate of drug-likeness (QED) is 0.311. The number of unbranched alkanes of at least 4 members (excludes halogenated alkanes) is 4. The molecule has 0 fully saturated rings. The van der Waals surface area contributed by atoms with Crippen LogP contribution in [0.2, 0.25) is 0 Å². The van der Waals surface area contributed by atoms with E-state index >= 15 is 0 Å². The highest BCUT2D eigenvalue weighted by atomic mass is 127. The van der Waals surface area contributed by atoms with Gasteiger partial charge in [0.15, 0.2) is 0 Å². The number of rotatable bonds is 9. The molecular weight excluding hydrogens is 439 g/mol. The summed E-state index contributed by atoms with van der Waals surface area (Å²) in [4.78, 5) is 2.13. The summed E-state index contributed by atoms with van der Waals surface area (Å²) in [6, 6.07) is 8.70. The van der Waals surface area contributed by atoms with Crippen molar-refractivity contribution in [3.05, 3.63) is 45.9 Å². The highest BCUT2D eigenvalue weighted by Gasteiger charge is 2.14. The Bertz CT molecular complexity index is 644. The molecule has 0 aliphatic heterocycles. The number of halogens is 1. The van der Waals surface area contributed by atoms with Gasteiger partial charge in [-0.2, -0.15) is 4.57 Å². The summed E-state index contributed by atoms with van der Waals surface area (Å²) in [5, 5.41) is 3.67. The van der Waals surface area contributed by atoms with Gasteiger partial charge in [0.05, 0.1) is 5.38 Å². The zero-order valence-electron chi connectivity index (χ0n) is 16.0. The van der Waals surface area contributed by atoms with Gasteiger partial charge in [0, 0.05) is 39.2 Å². The van der Waals surface area contributed by atoms with Crippen molar-refractivity contribution in [2.24, 2.45) is 0 Å². The number of benzene rings is 1. The van der Waals surface area contributed by atoms with Gasteiger partial charge in [0.2, 0.25) is 10.7 Å². The second-order valence-corrected chi connectivity index (χ2v) is 7.63. The molecule has 1 aromatic carbocycles. The van der Waals surface area contributed by atoms with E-state index in [0.29, 0.717) is 0 Å². The number of anilines is 1. The monoisotopic (exact) mass is 470 g/mol. The average molecular weight is 470 g/mol. The van der Waals surface area contributed by atoms with Gasteiger partial charge in [0.25, 0.3) is 0 Å². The van der Waals surface area contributed by atoms with E-state index in [-0.39, 0.29) is 24.0 Å². The number of nitrogens with zero attached hydrogens (tertiary/aromatic N) is 2. The summed E-state index contributed by atoms with van der Waals surface area (Å²) in [6.07, 6.45) is 11.1. The zero-order valence-corrected chi connectivity index (χ0v) is 18.9. The lowest BCUT2D eigenvalue weighted by Crippen LogP contribution is -3.00. The number of aryl methyl sites for hydroxylation is 1. The summed E-state index contributed by atoms with van der Waals surface area (Å²) in [7, 11) is 4.14. The second kappa shape index (κ2) is 11.7. The van der Waals surface area contributed by atoms with Crippen molar-refractivity contribution in [2.45, 2.75) is 52.5 Å². The maximum atomic E-state index is 2.46. The predicted octanol–water partition coefficient (Wildman–Crippen LogP) is 2.55. The molecule has 0 amide bonds. The van der Waals surface area contributed by atoms with Crippen molar-refractivity contribution >= 4 is 29.2 Å². The maximum Gasteiger partial charge on any atom is 0.234 e. The van der Waals surface area contributed by atoms with Gasteiger partial charge in [-0.15, -0.1) is 0 Å². The third-order valence-corrected chi connectivity index (χ3v) is 5.30. The Kier molecular flexibility index (Phi) is 10.4. The SMILES string of the molecule is CCCCCCC[n+]1c(C=Cc2ccc(N(C)C)cc2)csc1C.[I-]. The van der Waals surface area contributed by atoms with Gasteiger partial charge < -0.3 is 28.9 Å². The summed E-state index contributed by atoms with van der Waals surface area (Å²) >= 11 is 1.85. The maximum absolute atomic E-state index is 2.46. The zero-order chi connectivity index (χ0) is 17.4. The molecule has 1 heterocycles. The average Bonchev–Trinajstić information content (AvgIpc) is 2.93. The molecule has 0 aliphatic carbocycles. The predicted molar refractivity (Wildman–Crippen MR) is 108 cm³/mol. The molecule has 2 aromatic rings. The molecule has 0 bridgehead atoms. The fourth-order valence-corrected chi connectivity index (χ4v) is 3.63. The molecule has 0 spiro atoms. The van der Waals surface area contributed by atoms with E-state index < -0.39 is 0 Å². The van der Waals surface area contributed by atoms with E-state index in [1.807, 2.05) is 11.3 Å². The third kappa shape index (κ3) is 7.10. The molecule has 0 saturated carbocycles. The van der Waals surface area contributed by atoms with E-state index in [0.717, 1.165) is 6.54 Å². The standard InChI is InChI=1S/C21H31N2S.HI/c1-5-6-7-8-9-16-23-18(2)24-17-21(23)15-12-19-10-13-20(14-11-19)22(3)4;/h10-15,17H,5-9,16H2,1-4H3;1H/q+1;/p-1. The van der Waals surface area contributed by atoms with Crippen LogP contribution in [0.25, 0.3) is 12.2 Å². The van der Waals surface area contributed by atoms with Crippen molar-refractivity contribution in [1.29, 1.82) is 0 Å². The molecule has 0 atom stereocenters. The van der Waals surface area contributed by atoms with Gasteiger partial charge in [-0.25, -0.2) is 0 Å². The van der Waals surface area contributed by atoms with Crippen LogP contribution in [0.15, 0.2) is 29.6 Å². The molecule has 2 rings (SSSR count). The normalized spacial score (nSPS) is 10.9. The van der Waals surface area contributed by atoms with Crippen molar-refractivity contribution in [2.75, 3.05) is 19.0 Å². The van der Waals surface area contributed by atoms with Crippen LogP contribution in [-0.4, -0.2) is 14.1 Å². The van der Waals surface area contributed by atoms with E-state index in [4.69, 9.17) is 0 Å². The topological polar surface area (TPSA) is 7.12 Å². The summed E-state index contributed by atoms with van der Waals surface area (Å²) in [6.45, 7) is 5.63. The Morgan fingerprint density at radius 2 is 1.68 bits per heavy atom. The molecule has 0 radical (unpaired) electrons. The van der Waals surface area contributed by atoms with Crippen LogP contribution in [0.1, 0.15) is 55.3 Å². The molecule has 0 saturated heterocycles. The van der Waals surface area contributed by atoms with E-state index in [1.54, 1.807) is 0 Å². The molecule has 138 valence electrons. The van der Waals surface area contributed by atoms with E-state index in [2.05, 4.69) is 79.2 Å². The van der Waals surface area contributed by atoms with Crippen LogP contribution in [0.5, 0.6) is 0 Å². The first-order valence-corrected chi connectivity index (χ1v) is 9.93. The Balaban J connectivity index is 0.00000312. The minimum Gasteiger partial charge on any atom is -1.00 e. The molecule has 4 heteroatoms. The lowest BCUT2D eigenvalue weighted by atomic mass is 10.1. The molecule has 25 heavy (non-hydrogen) atoms. The summed E-state index contributed by atoms with van der Waals surface area (Å²) in [5.41, 5.74) is 3.81. The van der Waals surface area contributed by atoms with Crippen LogP contribution in [0.4, 0.5) is 5.69 Å². The number of hydrogen-bond acceptors (Lipinski definition) is 2. The first kappa shape index (κ1) is 22.2. The first-order chi connectivity index (χ1) is 11.6. The summed E-state index contributed by atoms with van der Waals surface area (Å²) < 4.78 is 2.46. The van der Waals surface area contributed by atoms with Crippen LogP contribution in [0.3, 0.4) is 0 Å². The second-order valence-electron chi connectivity index (χ2n) is 6.56. The lowest BCUT2D eigenvalue weighted by molar-refractivity contribution is -0.699. The number of aromatic nitrogens is 1. The van der Waals surface area contributed by atoms with Crippen molar-refractivity contribution in [3.8, 4) is 0 Å².